The summed E-state index contributed by atoms with van der Waals surface area (Å²) in [6, 6.07) is 8.67. The van der Waals surface area contributed by atoms with Gasteiger partial charge in [-0.1, -0.05) is 30.3 Å². The van der Waals surface area contributed by atoms with Gasteiger partial charge in [0.15, 0.2) is 0 Å². The number of hydrogen-bond acceptors (Lipinski definition) is 0. The molecule has 1 unspecified atom stereocenters. The summed E-state index contributed by atoms with van der Waals surface area (Å²) in [5, 5.41) is 0. The molecule has 11 heavy (non-hydrogen) atoms. The summed E-state index contributed by atoms with van der Waals surface area (Å²) in [7, 11) is 0. The molecule has 1 aliphatic carbocycles. The molecule has 1 aromatic rings. The monoisotopic (exact) mass is 144 g/mol. The van der Waals surface area contributed by atoms with Gasteiger partial charge in [0.25, 0.3) is 0 Å². The molecule has 0 amide bonds. The van der Waals surface area contributed by atoms with Gasteiger partial charge in [0, 0.05) is 5.92 Å². The predicted octanol–water partition coefficient (Wildman–Crippen LogP) is 2.90. The average molecular weight is 144 g/mol. The van der Waals surface area contributed by atoms with Crippen molar-refractivity contribution in [1.29, 1.82) is 0 Å². The number of hydrogen-bond donors (Lipinski definition) is 0. The molecule has 0 spiro atoms. The number of allylic oxidation sites excluding steroid dienone is 1. The number of fused-ring (bicyclic) bond motifs is 1. The van der Waals surface area contributed by atoms with Gasteiger partial charge in [-0.25, -0.2) is 0 Å². The highest BCUT2D eigenvalue weighted by Crippen LogP contribution is 2.32. The van der Waals surface area contributed by atoms with Crippen molar-refractivity contribution in [3.63, 3.8) is 0 Å². The quantitative estimate of drug-likeness (QED) is 0.532. The van der Waals surface area contributed by atoms with E-state index < -0.39 is 0 Å². The third-order valence-corrected chi connectivity index (χ3v) is 2.46. The summed E-state index contributed by atoms with van der Waals surface area (Å²) in [5.41, 5.74) is 3.00. The first-order chi connectivity index (χ1) is 5.42. The van der Waals surface area contributed by atoms with Crippen LogP contribution in [0.25, 0.3) is 0 Å². The molecule has 2 rings (SSSR count). The van der Waals surface area contributed by atoms with Crippen molar-refractivity contribution in [2.75, 3.05) is 0 Å². The Labute approximate surface area is 67.6 Å². The van der Waals surface area contributed by atoms with Crippen LogP contribution in [0.1, 0.15) is 23.5 Å². The van der Waals surface area contributed by atoms with Crippen LogP contribution in [0.5, 0.6) is 0 Å². The van der Waals surface area contributed by atoms with Crippen LogP contribution in [0.3, 0.4) is 0 Å². The molecule has 1 aromatic carbocycles. The third-order valence-electron chi connectivity index (χ3n) is 2.46. The fraction of sp³-hybridized carbons (Fsp3) is 0.273. The standard InChI is InChI=1S/C11H12/c1-2-9-7-8-10-5-3-4-6-11(9)10/h2-6,9H,1,7-8H2. The second-order valence-corrected chi connectivity index (χ2v) is 3.08. The van der Waals surface area contributed by atoms with Crippen molar-refractivity contribution in [3.05, 3.63) is 48.0 Å². The summed E-state index contributed by atoms with van der Waals surface area (Å²) in [4.78, 5) is 0. The zero-order valence-corrected chi connectivity index (χ0v) is 6.59. The van der Waals surface area contributed by atoms with E-state index in [1.54, 1.807) is 0 Å². The Balaban J connectivity index is 2.46. The van der Waals surface area contributed by atoms with Crippen LogP contribution < -0.4 is 0 Å². The zero-order valence-electron chi connectivity index (χ0n) is 6.59. The van der Waals surface area contributed by atoms with E-state index in [0.717, 1.165) is 0 Å². The Morgan fingerprint density at radius 3 is 3.00 bits per heavy atom. The summed E-state index contributed by atoms with van der Waals surface area (Å²) >= 11 is 0. The van der Waals surface area contributed by atoms with Crippen molar-refractivity contribution in [3.8, 4) is 0 Å². The molecule has 0 saturated heterocycles. The second kappa shape index (κ2) is 2.54. The van der Waals surface area contributed by atoms with Crippen LogP contribution in [-0.2, 0) is 6.42 Å². The van der Waals surface area contributed by atoms with Crippen LogP contribution in [0.4, 0.5) is 0 Å². The minimum atomic E-state index is 0.617. The molecule has 0 aromatic heterocycles. The molecule has 0 N–H and O–H groups in total. The molecule has 0 heterocycles. The van der Waals surface area contributed by atoms with Gasteiger partial charge in [0.2, 0.25) is 0 Å². The fourth-order valence-electron chi connectivity index (χ4n) is 1.83. The molecule has 1 aliphatic rings. The Kier molecular flexibility index (Phi) is 1.54. The van der Waals surface area contributed by atoms with Gasteiger partial charge in [-0.15, -0.1) is 6.58 Å². The van der Waals surface area contributed by atoms with E-state index in [1.165, 1.54) is 24.0 Å². The SMILES string of the molecule is C=CC1CCc2ccccc21. The fourth-order valence-corrected chi connectivity index (χ4v) is 1.83. The molecule has 56 valence electrons. The van der Waals surface area contributed by atoms with E-state index in [9.17, 15) is 0 Å². The highest BCUT2D eigenvalue weighted by atomic mass is 14.2. The number of aryl methyl sites for hydroxylation is 1. The largest absolute Gasteiger partial charge is 0.102 e. The molecule has 0 fully saturated rings. The lowest BCUT2D eigenvalue weighted by atomic mass is 10.0. The number of rotatable bonds is 1. The lowest BCUT2D eigenvalue weighted by Crippen LogP contribution is -1.85. The minimum Gasteiger partial charge on any atom is -0.102 e. The maximum atomic E-state index is 3.84. The highest BCUT2D eigenvalue weighted by molar-refractivity contribution is 5.36. The van der Waals surface area contributed by atoms with E-state index in [2.05, 4.69) is 36.9 Å². The summed E-state index contributed by atoms with van der Waals surface area (Å²) in [6.07, 6.45) is 4.54. The van der Waals surface area contributed by atoms with Gasteiger partial charge in [-0.2, -0.15) is 0 Å². The highest BCUT2D eigenvalue weighted by Gasteiger charge is 2.17. The molecule has 1 atom stereocenters. The van der Waals surface area contributed by atoms with Crippen molar-refractivity contribution in [2.24, 2.45) is 0 Å². The van der Waals surface area contributed by atoms with E-state index in [1.807, 2.05) is 0 Å². The molecule has 0 bridgehead atoms. The predicted molar refractivity (Wildman–Crippen MR) is 47.7 cm³/mol. The van der Waals surface area contributed by atoms with Crippen molar-refractivity contribution >= 4 is 0 Å². The van der Waals surface area contributed by atoms with Crippen LogP contribution in [0, 0.1) is 0 Å². The smallest absolute Gasteiger partial charge is 0.00211 e. The van der Waals surface area contributed by atoms with E-state index in [-0.39, 0.29) is 0 Å². The van der Waals surface area contributed by atoms with Gasteiger partial charge < -0.3 is 0 Å². The molecule has 0 aliphatic heterocycles. The lowest BCUT2D eigenvalue weighted by molar-refractivity contribution is 0.816. The summed E-state index contributed by atoms with van der Waals surface area (Å²) < 4.78 is 0. The van der Waals surface area contributed by atoms with Crippen LogP contribution in [0.2, 0.25) is 0 Å². The van der Waals surface area contributed by atoms with Crippen molar-refractivity contribution in [1.82, 2.24) is 0 Å². The Hall–Kier alpha value is -1.04. The Morgan fingerprint density at radius 1 is 1.36 bits per heavy atom. The van der Waals surface area contributed by atoms with Crippen LogP contribution in [0.15, 0.2) is 36.9 Å². The third kappa shape index (κ3) is 0.988. The maximum Gasteiger partial charge on any atom is 0.00211 e. The minimum absolute atomic E-state index is 0.617. The van der Waals surface area contributed by atoms with Crippen LogP contribution >= 0.6 is 0 Å². The van der Waals surface area contributed by atoms with E-state index in [0.29, 0.717) is 5.92 Å². The molecule has 0 nitrogen and oxygen atoms in total. The normalized spacial score (nSPS) is 21.3. The first-order valence-electron chi connectivity index (χ1n) is 4.12. The molecule has 0 radical (unpaired) electrons. The number of benzene rings is 1. The van der Waals surface area contributed by atoms with E-state index >= 15 is 0 Å². The second-order valence-electron chi connectivity index (χ2n) is 3.08. The average Bonchev–Trinajstić information content (AvgIpc) is 2.47. The van der Waals surface area contributed by atoms with Gasteiger partial charge in [0.05, 0.1) is 0 Å². The van der Waals surface area contributed by atoms with E-state index in [4.69, 9.17) is 0 Å². The molecular formula is C11H12. The topological polar surface area (TPSA) is 0 Å². The van der Waals surface area contributed by atoms with Gasteiger partial charge in [-0.05, 0) is 24.0 Å². The first-order valence-corrected chi connectivity index (χ1v) is 4.12. The Bertz CT molecular complexity index is 273. The molecule has 0 heteroatoms. The van der Waals surface area contributed by atoms with Gasteiger partial charge in [-0.3, -0.25) is 0 Å². The lowest BCUT2D eigenvalue weighted by Gasteiger charge is -2.03. The van der Waals surface area contributed by atoms with Gasteiger partial charge in [0.1, 0.15) is 0 Å². The first kappa shape index (κ1) is 6.66. The van der Waals surface area contributed by atoms with Crippen LogP contribution in [-0.4, -0.2) is 0 Å². The Morgan fingerprint density at radius 2 is 2.18 bits per heavy atom. The molecule has 0 saturated carbocycles. The zero-order chi connectivity index (χ0) is 7.68. The van der Waals surface area contributed by atoms with Gasteiger partial charge >= 0.3 is 0 Å². The summed E-state index contributed by atoms with van der Waals surface area (Å²) in [6.45, 7) is 3.84. The van der Waals surface area contributed by atoms with Crippen molar-refractivity contribution in [2.45, 2.75) is 18.8 Å². The summed E-state index contributed by atoms with van der Waals surface area (Å²) in [5.74, 6) is 0.617. The van der Waals surface area contributed by atoms with Crippen molar-refractivity contribution < 1.29 is 0 Å². The maximum absolute atomic E-state index is 3.84. The molecular weight excluding hydrogens is 132 g/mol.